The van der Waals surface area contributed by atoms with Crippen molar-refractivity contribution in [1.82, 2.24) is 9.47 Å². The van der Waals surface area contributed by atoms with Gasteiger partial charge in [-0.3, -0.25) is 0 Å². The molecular weight excluding hydrogens is 452 g/mol. The molecule has 0 saturated heterocycles. The van der Waals surface area contributed by atoms with E-state index in [1.807, 2.05) is 53.8 Å². The van der Waals surface area contributed by atoms with Gasteiger partial charge in [0.15, 0.2) is 0 Å². The summed E-state index contributed by atoms with van der Waals surface area (Å²) in [5.74, 6) is -1.48. The summed E-state index contributed by atoms with van der Waals surface area (Å²) in [6, 6.07) is 16.4. The number of hydrogen-bond acceptors (Lipinski definition) is 2. The van der Waals surface area contributed by atoms with Crippen LogP contribution in [0.15, 0.2) is 66.9 Å². The number of aromatic nitrogens is 1. The van der Waals surface area contributed by atoms with Crippen molar-refractivity contribution in [3.05, 3.63) is 106 Å². The molecule has 0 unspecified atom stereocenters. The summed E-state index contributed by atoms with van der Waals surface area (Å²) >= 11 is 1.82. The van der Waals surface area contributed by atoms with Crippen LogP contribution in [0.2, 0.25) is 0 Å². The van der Waals surface area contributed by atoms with Crippen molar-refractivity contribution < 1.29 is 13.6 Å². The zero-order valence-corrected chi connectivity index (χ0v) is 19.2. The number of fused-ring (bicyclic) bond motifs is 5. The molecule has 1 aliphatic carbocycles. The van der Waals surface area contributed by atoms with E-state index in [9.17, 15) is 13.6 Å². The third-order valence-electron chi connectivity index (χ3n) is 6.73. The number of amides is 2. The van der Waals surface area contributed by atoms with Gasteiger partial charge in [0, 0.05) is 22.7 Å². The number of rotatable bonds is 2. The second-order valence-corrected chi connectivity index (χ2v) is 9.88. The third kappa shape index (κ3) is 3.51. The van der Waals surface area contributed by atoms with Crippen molar-refractivity contribution in [3.8, 4) is 5.00 Å². The number of nitrogens with zero attached hydrogens (tertiary/aromatic N) is 2. The lowest BCUT2D eigenvalue weighted by Gasteiger charge is -2.31. The molecule has 3 heterocycles. The predicted octanol–water partition coefficient (Wildman–Crippen LogP) is 6.83. The van der Waals surface area contributed by atoms with Crippen molar-refractivity contribution in [2.24, 2.45) is 0 Å². The molecule has 2 amide bonds. The van der Waals surface area contributed by atoms with Gasteiger partial charge in [0.1, 0.15) is 16.6 Å². The summed E-state index contributed by atoms with van der Waals surface area (Å²) in [6.07, 6.45) is 6.47. The number of halogens is 2. The molecule has 2 aromatic carbocycles. The summed E-state index contributed by atoms with van der Waals surface area (Å²) in [7, 11) is 0. The van der Waals surface area contributed by atoms with E-state index in [4.69, 9.17) is 0 Å². The number of carbonyl (C=O) groups excluding carboxylic acids is 1. The second-order valence-electron chi connectivity index (χ2n) is 8.79. The van der Waals surface area contributed by atoms with Crippen molar-refractivity contribution >= 4 is 23.1 Å². The van der Waals surface area contributed by atoms with Crippen molar-refractivity contribution in [3.63, 3.8) is 0 Å². The van der Waals surface area contributed by atoms with Crippen LogP contribution in [0.5, 0.6) is 0 Å². The van der Waals surface area contributed by atoms with Crippen LogP contribution in [0.4, 0.5) is 19.3 Å². The highest BCUT2D eigenvalue weighted by molar-refractivity contribution is 7.15. The van der Waals surface area contributed by atoms with Gasteiger partial charge >= 0.3 is 6.03 Å². The predicted molar refractivity (Wildman–Crippen MR) is 129 cm³/mol. The lowest BCUT2D eigenvalue weighted by atomic mass is 9.95. The molecule has 4 nitrogen and oxygen atoms in total. The average molecular weight is 476 g/mol. The number of thiophene rings is 1. The van der Waals surface area contributed by atoms with E-state index in [2.05, 4.69) is 16.1 Å². The Morgan fingerprint density at radius 3 is 2.62 bits per heavy atom. The highest BCUT2D eigenvalue weighted by Gasteiger charge is 2.36. The first-order chi connectivity index (χ1) is 16.6. The highest BCUT2D eigenvalue weighted by Crippen LogP contribution is 2.44. The minimum atomic E-state index is -0.795. The number of anilines is 1. The molecule has 7 heteroatoms. The lowest BCUT2D eigenvalue weighted by molar-refractivity contribution is 0.194. The SMILES string of the molecule is O=C(Nc1ccc(F)cc1F)N1Cc2c(sc3c2CCCC3)-n2cccc2[C@@H]1c1ccccc1. The Morgan fingerprint density at radius 1 is 0.971 bits per heavy atom. The van der Waals surface area contributed by atoms with Crippen LogP contribution in [0.25, 0.3) is 5.00 Å². The van der Waals surface area contributed by atoms with Crippen molar-refractivity contribution in [2.45, 2.75) is 38.3 Å². The van der Waals surface area contributed by atoms with Gasteiger partial charge in [0.05, 0.1) is 24.0 Å². The molecule has 0 saturated carbocycles. The summed E-state index contributed by atoms with van der Waals surface area (Å²) in [5.41, 5.74) is 4.44. The third-order valence-corrected chi connectivity index (χ3v) is 8.06. The smallest absolute Gasteiger partial charge is 0.310 e. The van der Waals surface area contributed by atoms with E-state index in [-0.39, 0.29) is 11.7 Å². The summed E-state index contributed by atoms with van der Waals surface area (Å²) < 4.78 is 30.0. The van der Waals surface area contributed by atoms with Crippen LogP contribution >= 0.6 is 11.3 Å². The van der Waals surface area contributed by atoms with Gasteiger partial charge in [-0.1, -0.05) is 30.3 Å². The van der Waals surface area contributed by atoms with Gasteiger partial charge < -0.3 is 14.8 Å². The fourth-order valence-corrected chi connectivity index (χ4v) is 6.55. The van der Waals surface area contributed by atoms with Gasteiger partial charge in [0.25, 0.3) is 0 Å². The molecule has 4 aromatic rings. The average Bonchev–Trinajstić information content (AvgIpc) is 3.43. The maximum absolute atomic E-state index is 14.4. The molecule has 2 aliphatic rings. The molecule has 1 atom stereocenters. The molecule has 0 bridgehead atoms. The Hall–Kier alpha value is -3.45. The van der Waals surface area contributed by atoms with Gasteiger partial charge in [-0.2, -0.15) is 0 Å². The number of urea groups is 1. The summed E-state index contributed by atoms with van der Waals surface area (Å²) in [4.78, 5) is 16.9. The van der Waals surface area contributed by atoms with Gasteiger partial charge in [-0.15, -0.1) is 11.3 Å². The first-order valence-electron chi connectivity index (χ1n) is 11.5. The Kier molecular flexibility index (Phi) is 5.21. The van der Waals surface area contributed by atoms with E-state index in [1.54, 1.807) is 4.90 Å². The molecular formula is C27H23F2N3OS. The molecule has 6 rings (SSSR count). The number of hydrogen-bond donors (Lipinski definition) is 1. The lowest BCUT2D eigenvalue weighted by Crippen LogP contribution is -2.38. The van der Waals surface area contributed by atoms with Gasteiger partial charge in [0.2, 0.25) is 0 Å². The molecule has 0 radical (unpaired) electrons. The van der Waals surface area contributed by atoms with E-state index < -0.39 is 17.7 Å². The van der Waals surface area contributed by atoms with Crippen molar-refractivity contribution in [2.75, 3.05) is 5.32 Å². The number of carbonyl (C=O) groups is 1. The monoisotopic (exact) mass is 475 g/mol. The fourth-order valence-electron chi connectivity index (χ4n) is 5.15. The van der Waals surface area contributed by atoms with E-state index in [0.29, 0.717) is 6.54 Å². The number of aryl methyl sites for hydroxylation is 1. The van der Waals surface area contributed by atoms with Crippen LogP contribution < -0.4 is 5.32 Å². The molecule has 0 fully saturated rings. The normalized spacial score (nSPS) is 16.9. The van der Waals surface area contributed by atoms with Gasteiger partial charge in [-0.25, -0.2) is 13.6 Å². The topological polar surface area (TPSA) is 37.3 Å². The quantitative estimate of drug-likeness (QED) is 0.339. The van der Waals surface area contributed by atoms with Crippen molar-refractivity contribution in [1.29, 1.82) is 0 Å². The van der Waals surface area contributed by atoms with E-state index >= 15 is 0 Å². The Balaban J connectivity index is 1.49. The first-order valence-corrected chi connectivity index (χ1v) is 12.3. The van der Waals surface area contributed by atoms with Crippen LogP contribution in [0.3, 0.4) is 0 Å². The van der Waals surface area contributed by atoms with E-state index in [1.165, 1.54) is 28.5 Å². The van der Waals surface area contributed by atoms with Crippen LogP contribution in [-0.2, 0) is 19.4 Å². The zero-order chi connectivity index (χ0) is 23.2. The Morgan fingerprint density at radius 2 is 1.79 bits per heavy atom. The maximum atomic E-state index is 14.4. The largest absolute Gasteiger partial charge is 0.323 e. The van der Waals surface area contributed by atoms with Gasteiger partial charge in [-0.05, 0) is 61.1 Å². The number of nitrogens with one attached hydrogen (secondary N) is 1. The standard InChI is InChI=1S/C27H23F2N3OS/c28-18-12-13-22(21(29)15-18)30-27(33)32-16-20-19-9-4-5-11-24(19)34-26(20)31-14-6-10-23(31)25(32)17-7-2-1-3-8-17/h1-3,6-8,10,12-15,25H,4-5,9,11,16H2,(H,30,33)/t25-/m0/s1. The Labute approximate surface area is 200 Å². The van der Waals surface area contributed by atoms with Crippen LogP contribution in [-0.4, -0.2) is 15.5 Å². The highest BCUT2D eigenvalue weighted by atomic mass is 32.1. The maximum Gasteiger partial charge on any atom is 0.323 e. The second kappa shape index (κ2) is 8.40. The molecule has 1 N–H and O–H groups in total. The minimum Gasteiger partial charge on any atom is -0.310 e. The zero-order valence-electron chi connectivity index (χ0n) is 18.4. The molecule has 172 valence electrons. The number of benzene rings is 2. The fraction of sp³-hybridized carbons (Fsp3) is 0.222. The Bertz CT molecular complexity index is 1380. The molecule has 1 aliphatic heterocycles. The minimum absolute atomic E-state index is 0.0367. The molecule has 2 aromatic heterocycles. The van der Waals surface area contributed by atoms with Crippen LogP contribution in [0, 0.1) is 11.6 Å². The summed E-state index contributed by atoms with van der Waals surface area (Å²) in [5, 5.41) is 3.86. The molecule has 34 heavy (non-hydrogen) atoms. The first kappa shape index (κ1) is 21.1. The molecule has 0 spiro atoms. The van der Waals surface area contributed by atoms with Crippen LogP contribution in [0.1, 0.15) is 46.1 Å². The van der Waals surface area contributed by atoms with E-state index in [0.717, 1.165) is 47.7 Å². The summed E-state index contributed by atoms with van der Waals surface area (Å²) in [6.45, 7) is 0.414.